The third-order valence-corrected chi connectivity index (χ3v) is 1.50. The molecule has 0 spiro atoms. The Morgan fingerprint density at radius 1 is 1.50 bits per heavy atom. The second kappa shape index (κ2) is 2.89. The van der Waals surface area contributed by atoms with Crippen LogP contribution in [0, 0.1) is 6.92 Å². The van der Waals surface area contributed by atoms with Crippen molar-refractivity contribution in [1.29, 1.82) is 0 Å². The average molecular weight is 156 g/mol. The van der Waals surface area contributed by atoms with Gasteiger partial charge in [0.05, 0.1) is 9.47 Å². The van der Waals surface area contributed by atoms with E-state index >= 15 is 0 Å². The minimum atomic E-state index is 0.167. The van der Waals surface area contributed by atoms with Gasteiger partial charge in [-0.25, -0.2) is 0 Å². The quantitative estimate of drug-likeness (QED) is 0.629. The predicted octanol–water partition coefficient (Wildman–Crippen LogP) is 1.87. The van der Waals surface area contributed by atoms with Crippen molar-refractivity contribution in [2.75, 3.05) is 0 Å². The van der Waals surface area contributed by atoms with Gasteiger partial charge < -0.3 is 9.63 Å². The van der Waals surface area contributed by atoms with E-state index in [1.807, 2.05) is 13.0 Å². The molecule has 1 aromatic carbocycles. The van der Waals surface area contributed by atoms with E-state index in [0.29, 0.717) is 5.75 Å². The van der Waals surface area contributed by atoms with E-state index in [9.17, 15) is 0 Å². The fourth-order valence-corrected chi connectivity index (χ4v) is 0.905. The molecular formula is C7H9O2P. The molecule has 10 heavy (non-hydrogen) atoms. The van der Waals surface area contributed by atoms with Crippen LogP contribution in [-0.4, -0.2) is 5.11 Å². The van der Waals surface area contributed by atoms with Gasteiger partial charge in [-0.1, -0.05) is 6.07 Å². The van der Waals surface area contributed by atoms with Gasteiger partial charge in [0, 0.05) is 0 Å². The van der Waals surface area contributed by atoms with Gasteiger partial charge in [-0.05, 0) is 24.6 Å². The van der Waals surface area contributed by atoms with Crippen molar-refractivity contribution in [2.45, 2.75) is 6.92 Å². The number of phenolic OH excluding ortho intramolecular Hbond substituents is 1. The Bertz CT molecular complexity index is 235. The second-order valence-electron chi connectivity index (χ2n) is 2.09. The first-order valence-corrected chi connectivity index (χ1v) is 3.37. The van der Waals surface area contributed by atoms with Crippen LogP contribution in [0.25, 0.3) is 0 Å². The predicted molar refractivity (Wildman–Crippen MR) is 43.2 cm³/mol. The topological polar surface area (TPSA) is 29.5 Å². The smallest absolute Gasteiger partial charge is 0.164 e. The summed E-state index contributed by atoms with van der Waals surface area (Å²) in [6.45, 7) is 1.94. The van der Waals surface area contributed by atoms with Crippen LogP contribution in [0.2, 0.25) is 0 Å². The number of benzene rings is 1. The normalized spacial score (nSPS) is 9.40. The molecule has 0 aliphatic carbocycles. The minimum absolute atomic E-state index is 0.167. The molecule has 2 nitrogen and oxygen atoms in total. The molecule has 1 N–H and O–H groups in total. The number of aromatic hydroxyl groups is 1. The number of phenols is 1. The number of hydrogen-bond acceptors (Lipinski definition) is 2. The van der Waals surface area contributed by atoms with Crippen LogP contribution >= 0.6 is 9.47 Å². The monoisotopic (exact) mass is 156 g/mol. The Morgan fingerprint density at radius 3 is 2.70 bits per heavy atom. The highest BCUT2D eigenvalue weighted by Gasteiger charge is 1.98. The van der Waals surface area contributed by atoms with Gasteiger partial charge >= 0.3 is 0 Å². The first-order valence-electron chi connectivity index (χ1n) is 2.90. The van der Waals surface area contributed by atoms with Crippen LogP contribution in [0.15, 0.2) is 18.2 Å². The van der Waals surface area contributed by atoms with Crippen LogP contribution in [0.5, 0.6) is 11.5 Å². The van der Waals surface area contributed by atoms with Crippen molar-refractivity contribution in [2.24, 2.45) is 0 Å². The van der Waals surface area contributed by atoms with Gasteiger partial charge in [0.15, 0.2) is 11.5 Å². The van der Waals surface area contributed by atoms with E-state index in [1.165, 1.54) is 0 Å². The van der Waals surface area contributed by atoms with Crippen molar-refractivity contribution < 1.29 is 9.63 Å². The lowest BCUT2D eigenvalue weighted by Gasteiger charge is -2.01. The molecule has 0 aromatic heterocycles. The third kappa shape index (κ3) is 1.39. The molecule has 0 heterocycles. The first kappa shape index (κ1) is 7.36. The van der Waals surface area contributed by atoms with E-state index in [4.69, 9.17) is 9.63 Å². The highest BCUT2D eigenvalue weighted by Crippen LogP contribution is 2.27. The zero-order valence-corrected chi connectivity index (χ0v) is 6.82. The lowest BCUT2D eigenvalue weighted by Crippen LogP contribution is -1.77. The zero-order valence-electron chi connectivity index (χ0n) is 5.66. The zero-order chi connectivity index (χ0) is 7.56. The molecule has 0 saturated carbocycles. The number of aryl methyl sites for hydroxylation is 1. The maximum atomic E-state index is 9.10. The van der Waals surface area contributed by atoms with Gasteiger partial charge in [-0.3, -0.25) is 0 Å². The van der Waals surface area contributed by atoms with Gasteiger partial charge in [0.2, 0.25) is 0 Å². The van der Waals surface area contributed by atoms with Crippen molar-refractivity contribution in [3.63, 3.8) is 0 Å². The Labute approximate surface area is 62.1 Å². The van der Waals surface area contributed by atoms with Gasteiger partial charge in [-0.15, -0.1) is 0 Å². The number of hydrogen-bond donors (Lipinski definition) is 1. The molecule has 1 aromatic rings. The minimum Gasteiger partial charge on any atom is -0.504 e. The molecule has 0 saturated heterocycles. The summed E-state index contributed by atoms with van der Waals surface area (Å²) in [5.41, 5.74) is 1.07. The molecule has 0 aliphatic rings. The second-order valence-corrected chi connectivity index (χ2v) is 2.32. The Balaban J connectivity index is 3.09. The molecule has 3 heteroatoms. The Hall–Kier alpha value is -0.750. The lowest BCUT2D eigenvalue weighted by atomic mass is 10.2. The van der Waals surface area contributed by atoms with Crippen LogP contribution in [0.1, 0.15) is 5.56 Å². The highest BCUT2D eigenvalue weighted by molar-refractivity contribution is 7.10. The molecule has 1 unspecified atom stereocenters. The fraction of sp³-hybridized carbons (Fsp3) is 0.143. The molecule has 0 radical (unpaired) electrons. The summed E-state index contributed by atoms with van der Waals surface area (Å²) in [6, 6.07) is 5.19. The van der Waals surface area contributed by atoms with E-state index < -0.39 is 0 Å². The summed E-state index contributed by atoms with van der Waals surface area (Å²) >= 11 is 0. The van der Waals surface area contributed by atoms with Crippen LogP contribution in [-0.2, 0) is 0 Å². The van der Waals surface area contributed by atoms with Crippen LogP contribution in [0.4, 0.5) is 0 Å². The summed E-state index contributed by atoms with van der Waals surface area (Å²) in [5.74, 6) is 0.658. The summed E-state index contributed by atoms with van der Waals surface area (Å²) in [7, 11) is 2.09. The molecule has 0 bridgehead atoms. The summed E-state index contributed by atoms with van der Waals surface area (Å²) < 4.78 is 4.79. The largest absolute Gasteiger partial charge is 0.504 e. The molecule has 1 atom stereocenters. The Morgan fingerprint density at radius 2 is 2.20 bits per heavy atom. The van der Waals surface area contributed by atoms with Gasteiger partial charge in [0.25, 0.3) is 0 Å². The van der Waals surface area contributed by atoms with Gasteiger partial charge in [-0.2, -0.15) is 0 Å². The SMILES string of the molecule is Cc1ccc(O)c(OP)c1. The fourth-order valence-electron chi connectivity index (χ4n) is 0.716. The first-order chi connectivity index (χ1) is 4.74. The molecule has 54 valence electrons. The lowest BCUT2D eigenvalue weighted by molar-refractivity contribution is 0.450. The van der Waals surface area contributed by atoms with E-state index in [2.05, 4.69) is 9.47 Å². The van der Waals surface area contributed by atoms with Crippen LogP contribution in [0.3, 0.4) is 0 Å². The van der Waals surface area contributed by atoms with E-state index in [-0.39, 0.29) is 5.75 Å². The van der Waals surface area contributed by atoms with Crippen molar-refractivity contribution >= 4 is 9.47 Å². The molecule has 0 amide bonds. The summed E-state index contributed by atoms with van der Waals surface area (Å²) in [4.78, 5) is 0. The van der Waals surface area contributed by atoms with E-state index in [1.54, 1.807) is 12.1 Å². The third-order valence-electron chi connectivity index (χ3n) is 1.24. The van der Waals surface area contributed by atoms with Crippen molar-refractivity contribution in [3.8, 4) is 11.5 Å². The van der Waals surface area contributed by atoms with Gasteiger partial charge in [0.1, 0.15) is 0 Å². The Kier molecular flexibility index (Phi) is 2.13. The molecule has 0 aliphatic heterocycles. The molecule has 1 rings (SSSR count). The summed E-state index contributed by atoms with van der Waals surface area (Å²) in [5, 5.41) is 9.10. The van der Waals surface area contributed by atoms with Crippen LogP contribution < -0.4 is 4.52 Å². The highest BCUT2D eigenvalue weighted by atomic mass is 31.0. The number of rotatable bonds is 1. The maximum Gasteiger partial charge on any atom is 0.164 e. The molecule has 0 fully saturated rings. The van der Waals surface area contributed by atoms with E-state index in [0.717, 1.165) is 5.56 Å². The summed E-state index contributed by atoms with van der Waals surface area (Å²) in [6.07, 6.45) is 0. The van der Waals surface area contributed by atoms with Crippen molar-refractivity contribution in [3.05, 3.63) is 23.8 Å². The molecular weight excluding hydrogens is 147 g/mol. The maximum absolute atomic E-state index is 9.10. The standard InChI is InChI=1S/C7H9O2P/c1-5-2-3-6(8)7(4-5)9-10/h2-4,8H,10H2,1H3. The average Bonchev–Trinajstić information content (AvgIpc) is 1.94. The van der Waals surface area contributed by atoms with Crippen molar-refractivity contribution in [1.82, 2.24) is 0 Å².